The van der Waals surface area contributed by atoms with E-state index in [1.165, 1.54) is 0 Å². The zero-order valence-corrected chi connectivity index (χ0v) is 13.6. The van der Waals surface area contributed by atoms with Crippen LogP contribution in [0.4, 0.5) is 0 Å². The molecule has 1 saturated heterocycles. The number of aromatic nitrogens is 2. The quantitative estimate of drug-likeness (QED) is 0.867. The average Bonchev–Trinajstić information content (AvgIpc) is 2.96. The van der Waals surface area contributed by atoms with Crippen LogP contribution in [0.5, 0.6) is 0 Å². The first-order valence-electron chi connectivity index (χ1n) is 7.95. The Morgan fingerprint density at radius 2 is 2.17 bits per heavy atom. The number of hydrogen-bond donors (Lipinski definition) is 1. The van der Waals surface area contributed by atoms with Crippen molar-refractivity contribution in [2.24, 2.45) is 0 Å². The molecule has 6 heteroatoms. The Hall–Kier alpha value is -1.76. The number of para-hydroxylation sites is 1. The molecule has 0 unspecified atom stereocenters. The molecule has 1 fully saturated rings. The van der Waals surface area contributed by atoms with E-state index < -0.39 is 0 Å². The van der Waals surface area contributed by atoms with E-state index in [1.807, 2.05) is 18.2 Å². The van der Waals surface area contributed by atoms with Crippen LogP contribution in [0.1, 0.15) is 12.2 Å². The maximum Gasteiger partial charge on any atom is 0.258 e. The first kappa shape index (κ1) is 16.1. The van der Waals surface area contributed by atoms with Crippen LogP contribution in [-0.4, -0.2) is 60.9 Å². The number of nitrogens with one attached hydrogen (secondary N) is 1. The van der Waals surface area contributed by atoms with Crippen LogP contribution < -0.4 is 5.56 Å². The highest BCUT2D eigenvalue weighted by Gasteiger charge is 2.31. The second kappa shape index (κ2) is 7.21. The summed E-state index contributed by atoms with van der Waals surface area (Å²) in [7, 11) is 3.47. The van der Waals surface area contributed by atoms with Gasteiger partial charge in [0.15, 0.2) is 0 Å². The standard InChI is InChI=1S/C17H23N3O3/c1-22-11-12-9-13(23-2)10-20(12)8-7-16-18-15-6-4-3-5-14(15)17(21)19-16/h3-6,12-13H,7-11H2,1-2H3,(H,18,19,21)/t12-,13-/m0/s1. The van der Waals surface area contributed by atoms with Crippen molar-refractivity contribution >= 4 is 10.9 Å². The minimum atomic E-state index is -0.0739. The molecule has 6 nitrogen and oxygen atoms in total. The van der Waals surface area contributed by atoms with Crippen molar-refractivity contribution in [2.75, 3.05) is 33.9 Å². The van der Waals surface area contributed by atoms with Gasteiger partial charge in [0.1, 0.15) is 5.82 Å². The molecule has 1 aliphatic heterocycles. The Bertz CT molecular complexity index is 716. The predicted octanol–water partition coefficient (Wildman–Crippen LogP) is 1.20. The molecular weight excluding hydrogens is 294 g/mol. The van der Waals surface area contributed by atoms with Crippen LogP contribution in [0, 0.1) is 0 Å². The second-order valence-electron chi connectivity index (χ2n) is 5.98. The van der Waals surface area contributed by atoms with Crippen molar-refractivity contribution in [1.29, 1.82) is 0 Å². The van der Waals surface area contributed by atoms with E-state index in [-0.39, 0.29) is 11.7 Å². The highest BCUT2D eigenvalue weighted by Crippen LogP contribution is 2.20. The van der Waals surface area contributed by atoms with Crippen molar-refractivity contribution in [2.45, 2.75) is 25.0 Å². The molecule has 2 aromatic rings. The summed E-state index contributed by atoms with van der Waals surface area (Å²) >= 11 is 0. The Labute approximate surface area is 135 Å². The molecule has 2 atom stereocenters. The van der Waals surface area contributed by atoms with Gasteiger partial charge in [0.05, 0.1) is 23.6 Å². The summed E-state index contributed by atoms with van der Waals surface area (Å²) in [6, 6.07) is 7.78. The van der Waals surface area contributed by atoms with Crippen molar-refractivity contribution in [3.8, 4) is 0 Å². The third-order valence-corrected chi connectivity index (χ3v) is 4.48. The molecule has 0 amide bonds. The molecule has 3 rings (SSSR count). The maximum absolute atomic E-state index is 12.1. The van der Waals surface area contributed by atoms with E-state index in [0.29, 0.717) is 24.5 Å². The molecule has 0 aliphatic carbocycles. The molecule has 0 saturated carbocycles. The number of hydrogen-bond acceptors (Lipinski definition) is 5. The molecule has 0 bridgehead atoms. The van der Waals surface area contributed by atoms with Gasteiger partial charge in [0.2, 0.25) is 0 Å². The highest BCUT2D eigenvalue weighted by molar-refractivity contribution is 5.77. The zero-order chi connectivity index (χ0) is 16.2. The molecule has 1 aromatic carbocycles. The van der Waals surface area contributed by atoms with Crippen LogP contribution in [0.3, 0.4) is 0 Å². The minimum Gasteiger partial charge on any atom is -0.383 e. The molecule has 1 aromatic heterocycles. The fourth-order valence-corrected chi connectivity index (χ4v) is 3.25. The molecule has 23 heavy (non-hydrogen) atoms. The van der Waals surface area contributed by atoms with Gasteiger partial charge in [-0.1, -0.05) is 12.1 Å². The largest absolute Gasteiger partial charge is 0.383 e. The smallest absolute Gasteiger partial charge is 0.258 e. The SMILES string of the molecule is COC[C@@H]1C[C@H](OC)CN1CCc1nc2ccccc2c(=O)[nH]1. The Morgan fingerprint density at radius 3 is 2.96 bits per heavy atom. The number of likely N-dealkylation sites (tertiary alicyclic amines) is 1. The van der Waals surface area contributed by atoms with Crippen molar-refractivity contribution in [3.63, 3.8) is 0 Å². The number of fused-ring (bicyclic) bond motifs is 1. The Balaban J connectivity index is 1.71. The van der Waals surface area contributed by atoms with Crippen LogP contribution >= 0.6 is 0 Å². The molecule has 1 aliphatic rings. The van der Waals surface area contributed by atoms with Gasteiger partial charge in [-0.15, -0.1) is 0 Å². The number of methoxy groups -OCH3 is 2. The van der Waals surface area contributed by atoms with E-state index in [4.69, 9.17) is 9.47 Å². The van der Waals surface area contributed by atoms with Crippen LogP contribution in [-0.2, 0) is 15.9 Å². The third-order valence-electron chi connectivity index (χ3n) is 4.48. The summed E-state index contributed by atoms with van der Waals surface area (Å²) in [5, 5.41) is 0.633. The predicted molar refractivity (Wildman–Crippen MR) is 88.7 cm³/mol. The molecule has 1 N–H and O–H groups in total. The summed E-state index contributed by atoms with van der Waals surface area (Å²) in [4.78, 5) is 21.9. The van der Waals surface area contributed by atoms with Crippen molar-refractivity contribution in [3.05, 3.63) is 40.4 Å². The van der Waals surface area contributed by atoms with Gasteiger partial charge in [-0.05, 0) is 18.6 Å². The van der Waals surface area contributed by atoms with Gasteiger partial charge >= 0.3 is 0 Å². The van der Waals surface area contributed by atoms with Crippen LogP contribution in [0.25, 0.3) is 10.9 Å². The van der Waals surface area contributed by atoms with Gasteiger partial charge < -0.3 is 14.5 Å². The van der Waals surface area contributed by atoms with Crippen molar-refractivity contribution in [1.82, 2.24) is 14.9 Å². The number of ether oxygens (including phenoxy) is 2. The number of benzene rings is 1. The number of nitrogens with zero attached hydrogens (tertiary/aromatic N) is 2. The molecular formula is C17H23N3O3. The minimum absolute atomic E-state index is 0.0739. The molecule has 0 radical (unpaired) electrons. The summed E-state index contributed by atoms with van der Waals surface area (Å²) in [5.41, 5.74) is 0.672. The van der Waals surface area contributed by atoms with E-state index in [1.54, 1.807) is 20.3 Å². The number of rotatable bonds is 6. The average molecular weight is 317 g/mol. The maximum atomic E-state index is 12.1. The topological polar surface area (TPSA) is 67.5 Å². The monoisotopic (exact) mass is 317 g/mol. The first-order valence-corrected chi connectivity index (χ1v) is 7.95. The number of aromatic amines is 1. The summed E-state index contributed by atoms with van der Waals surface area (Å²) < 4.78 is 10.8. The molecule has 0 spiro atoms. The van der Waals surface area contributed by atoms with Crippen molar-refractivity contribution < 1.29 is 9.47 Å². The Kier molecular flexibility index (Phi) is 5.05. The summed E-state index contributed by atoms with van der Waals surface area (Å²) in [5.74, 6) is 0.728. The lowest BCUT2D eigenvalue weighted by atomic mass is 10.2. The highest BCUT2D eigenvalue weighted by atomic mass is 16.5. The third kappa shape index (κ3) is 3.60. The fraction of sp³-hybridized carbons (Fsp3) is 0.529. The molecule has 2 heterocycles. The summed E-state index contributed by atoms with van der Waals surface area (Å²) in [6.07, 6.45) is 1.93. The van der Waals surface area contributed by atoms with E-state index in [0.717, 1.165) is 30.9 Å². The first-order chi connectivity index (χ1) is 11.2. The Morgan fingerprint density at radius 1 is 1.35 bits per heavy atom. The normalized spacial score (nSPS) is 22.0. The van der Waals surface area contributed by atoms with Gasteiger partial charge in [-0.25, -0.2) is 4.98 Å². The lowest BCUT2D eigenvalue weighted by Gasteiger charge is -2.23. The zero-order valence-electron chi connectivity index (χ0n) is 13.6. The second-order valence-corrected chi connectivity index (χ2v) is 5.98. The van der Waals surface area contributed by atoms with Gasteiger partial charge in [-0.3, -0.25) is 9.69 Å². The fourth-order valence-electron chi connectivity index (χ4n) is 3.25. The van der Waals surface area contributed by atoms with E-state index in [2.05, 4.69) is 14.9 Å². The van der Waals surface area contributed by atoms with Crippen LogP contribution in [0.15, 0.2) is 29.1 Å². The lowest BCUT2D eigenvalue weighted by molar-refractivity contribution is 0.108. The summed E-state index contributed by atoms with van der Waals surface area (Å²) in [6.45, 7) is 2.42. The van der Waals surface area contributed by atoms with Crippen LogP contribution in [0.2, 0.25) is 0 Å². The van der Waals surface area contributed by atoms with E-state index in [9.17, 15) is 4.79 Å². The van der Waals surface area contributed by atoms with Gasteiger partial charge in [0, 0.05) is 39.8 Å². The van der Waals surface area contributed by atoms with E-state index >= 15 is 0 Å². The lowest BCUT2D eigenvalue weighted by Crippen LogP contribution is -2.35. The van der Waals surface area contributed by atoms with Gasteiger partial charge in [0.25, 0.3) is 5.56 Å². The number of H-pyrrole nitrogens is 1. The molecule has 124 valence electrons. The van der Waals surface area contributed by atoms with Gasteiger partial charge in [-0.2, -0.15) is 0 Å².